The van der Waals surface area contributed by atoms with E-state index in [4.69, 9.17) is 0 Å². The first-order valence-electron chi connectivity index (χ1n) is 7.67. The molecule has 22 heavy (non-hydrogen) atoms. The first-order valence-corrected chi connectivity index (χ1v) is 7.67. The largest absolute Gasteiger partial charge is 0.369 e. The van der Waals surface area contributed by atoms with Crippen molar-refractivity contribution in [1.29, 1.82) is 0 Å². The fraction of sp³-hybridized carbons (Fsp3) is 0.294. The fourth-order valence-electron chi connectivity index (χ4n) is 2.93. The van der Waals surface area contributed by atoms with Crippen LogP contribution in [0.2, 0.25) is 0 Å². The molecule has 1 aliphatic heterocycles. The SMILES string of the molecule is Cc1cnn2cc(-c3ccc(N4CCNCC4)cc3)cnc12. The molecule has 0 spiro atoms. The Morgan fingerprint density at radius 2 is 1.77 bits per heavy atom. The van der Waals surface area contributed by atoms with Crippen LogP contribution >= 0.6 is 0 Å². The molecule has 0 amide bonds. The van der Waals surface area contributed by atoms with E-state index in [1.807, 2.05) is 30.0 Å². The van der Waals surface area contributed by atoms with Crippen LogP contribution in [0.25, 0.3) is 16.8 Å². The molecular weight excluding hydrogens is 274 g/mol. The van der Waals surface area contributed by atoms with Gasteiger partial charge in [-0.3, -0.25) is 0 Å². The Bertz CT molecular complexity index is 784. The summed E-state index contributed by atoms with van der Waals surface area (Å²) in [6.45, 7) is 6.28. The highest BCUT2D eigenvalue weighted by Gasteiger charge is 2.10. The Hall–Kier alpha value is -2.40. The van der Waals surface area contributed by atoms with E-state index in [0.717, 1.165) is 43.0 Å². The van der Waals surface area contributed by atoms with Gasteiger partial charge in [-0.15, -0.1) is 0 Å². The summed E-state index contributed by atoms with van der Waals surface area (Å²) in [6, 6.07) is 8.71. The van der Waals surface area contributed by atoms with Crippen molar-refractivity contribution in [3.8, 4) is 11.1 Å². The molecule has 0 aliphatic carbocycles. The van der Waals surface area contributed by atoms with Gasteiger partial charge in [-0.2, -0.15) is 5.10 Å². The molecule has 3 heterocycles. The van der Waals surface area contributed by atoms with Crippen molar-refractivity contribution >= 4 is 11.3 Å². The fourth-order valence-corrected chi connectivity index (χ4v) is 2.93. The van der Waals surface area contributed by atoms with Crippen molar-refractivity contribution in [1.82, 2.24) is 19.9 Å². The van der Waals surface area contributed by atoms with Gasteiger partial charge in [0, 0.05) is 55.4 Å². The van der Waals surface area contributed by atoms with Crippen LogP contribution in [0.1, 0.15) is 5.56 Å². The first-order chi connectivity index (χ1) is 10.8. The number of hydrogen-bond donors (Lipinski definition) is 1. The van der Waals surface area contributed by atoms with Crippen molar-refractivity contribution in [2.75, 3.05) is 31.1 Å². The Labute approximate surface area is 129 Å². The Kier molecular flexibility index (Phi) is 3.27. The number of rotatable bonds is 2. The van der Waals surface area contributed by atoms with E-state index in [0.29, 0.717) is 0 Å². The summed E-state index contributed by atoms with van der Waals surface area (Å²) < 4.78 is 1.84. The molecule has 112 valence electrons. The van der Waals surface area contributed by atoms with Gasteiger partial charge in [-0.05, 0) is 24.6 Å². The Morgan fingerprint density at radius 3 is 2.55 bits per heavy atom. The smallest absolute Gasteiger partial charge is 0.157 e. The molecule has 1 aromatic carbocycles. The van der Waals surface area contributed by atoms with Gasteiger partial charge in [0.15, 0.2) is 5.65 Å². The summed E-state index contributed by atoms with van der Waals surface area (Å²) in [5.41, 5.74) is 5.56. The van der Waals surface area contributed by atoms with E-state index in [1.54, 1.807) is 0 Å². The van der Waals surface area contributed by atoms with E-state index < -0.39 is 0 Å². The van der Waals surface area contributed by atoms with Crippen LogP contribution in [0.4, 0.5) is 5.69 Å². The first kappa shape index (κ1) is 13.3. The number of aryl methyl sites for hydroxylation is 1. The third-order valence-corrected chi connectivity index (χ3v) is 4.22. The number of fused-ring (bicyclic) bond motifs is 1. The molecular formula is C17H19N5. The Balaban J connectivity index is 1.63. The predicted molar refractivity (Wildman–Crippen MR) is 88.2 cm³/mol. The number of nitrogens with one attached hydrogen (secondary N) is 1. The maximum Gasteiger partial charge on any atom is 0.157 e. The molecule has 0 atom stereocenters. The van der Waals surface area contributed by atoms with Crippen molar-refractivity contribution in [3.63, 3.8) is 0 Å². The van der Waals surface area contributed by atoms with Gasteiger partial charge in [0.1, 0.15) is 0 Å². The molecule has 2 aromatic heterocycles. The maximum absolute atomic E-state index is 4.51. The second-order valence-corrected chi connectivity index (χ2v) is 5.72. The summed E-state index contributed by atoms with van der Waals surface area (Å²) >= 11 is 0. The third-order valence-electron chi connectivity index (χ3n) is 4.22. The molecule has 3 aromatic rings. The summed E-state index contributed by atoms with van der Waals surface area (Å²) in [4.78, 5) is 6.93. The number of benzene rings is 1. The lowest BCUT2D eigenvalue weighted by molar-refractivity contribution is 0.589. The molecule has 1 aliphatic rings. The summed E-state index contributed by atoms with van der Waals surface area (Å²) in [5.74, 6) is 0. The average molecular weight is 293 g/mol. The van der Waals surface area contributed by atoms with Gasteiger partial charge in [-0.1, -0.05) is 12.1 Å². The lowest BCUT2D eigenvalue weighted by Gasteiger charge is -2.29. The molecule has 5 nitrogen and oxygen atoms in total. The number of aromatic nitrogens is 3. The van der Waals surface area contributed by atoms with Crippen LogP contribution in [0, 0.1) is 6.92 Å². The van der Waals surface area contributed by atoms with Crippen LogP contribution in [0.15, 0.2) is 42.9 Å². The molecule has 4 rings (SSSR count). The molecule has 5 heteroatoms. The molecule has 1 N–H and O–H groups in total. The topological polar surface area (TPSA) is 45.5 Å². The Morgan fingerprint density at radius 1 is 1.00 bits per heavy atom. The van der Waals surface area contributed by atoms with Crippen LogP contribution < -0.4 is 10.2 Å². The molecule has 0 radical (unpaired) electrons. The second kappa shape index (κ2) is 5.42. The minimum Gasteiger partial charge on any atom is -0.369 e. The lowest BCUT2D eigenvalue weighted by atomic mass is 10.1. The zero-order valence-corrected chi connectivity index (χ0v) is 12.7. The average Bonchev–Trinajstić information content (AvgIpc) is 2.96. The molecule has 1 saturated heterocycles. The van der Waals surface area contributed by atoms with Gasteiger partial charge in [-0.25, -0.2) is 9.50 Å². The molecule has 0 saturated carbocycles. The number of piperazine rings is 1. The summed E-state index contributed by atoms with van der Waals surface area (Å²) in [5, 5.41) is 7.72. The predicted octanol–water partition coefficient (Wildman–Crippen LogP) is 2.11. The van der Waals surface area contributed by atoms with Gasteiger partial charge >= 0.3 is 0 Å². The highest BCUT2D eigenvalue weighted by molar-refractivity contribution is 5.66. The van der Waals surface area contributed by atoms with Gasteiger partial charge in [0.2, 0.25) is 0 Å². The van der Waals surface area contributed by atoms with Crippen LogP contribution in [-0.4, -0.2) is 40.8 Å². The molecule has 0 unspecified atom stereocenters. The van der Waals surface area contributed by atoms with Gasteiger partial charge < -0.3 is 10.2 Å². The third kappa shape index (κ3) is 2.33. The minimum absolute atomic E-state index is 0.918. The standard InChI is InChI=1S/C17H19N5/c1-13-10-20-22-12-15(11-19-17(13)22)14-2-4-16(5-3-14)21-8-6-18-7-9-21/h2-5,10-12,18H,6-9H2,1H3. The van der Waals surface area contributed by atoms with Gasteiger partial charge in [0.05, 0.1) is 6.20 Å². The number of nitrogens with zero attached hydrogens (tertiary/aromatic N) is 4. The van der Waals surface area contributed by atoms with Crippen LogP contribution in [-0.2, 0) is 0 Å². The maximum atomic E-state index is 4.51. The normalized spacial score (nSPS) is 15.4. The summed E-state index contributed by atoms with van der Waals surface area (Å²) in [7, 11) is 0. The highest BCUT2D eigenvalue weighted by atomic mass is 15.2. The molecule has 1 fully saturated rings. The highest BCUT2D eigenvalue weighted by Crippen LogP contribution is 2.23. The van der Waals surface area contributed by atoms with Gasteiger partial charge in [0.25, 0.3) is 0 Å². The lowest BCUT2D eigenvalue weighted by Crippen LogP contribution is -2.43. The van der Waals surface area contributed by atoms with Crippen LogP contribution in [0.5, 0.6) is 0 Å². The molecule has 0 bridgehead atoms. The zero-order valence-electron chi connectivity index (χ0n) is 12.7. The van der Waals surface area contributed by atoms with E-state index in [-0.39, 0.29) is 0 Å². The monoisotopic (exact) mass is 293 g/mol. The summed E-state index contributed by atoms with van der Waals surface area (Å²) in [6.07, 6.45) is 5.80. The zero-order chi connectivity index (χ0) is 14.9. The van der Waals surface area contributed by atoms with E-state index in [9.17, 15) is 0 Å². The quantitative estimate of drug-likeness (QED) is 0.786. The van der Waals surface area contributed by atoms with Crippen molar-refractivity contribution in [2.24, 2.45) is 0 Å². The van der Waals surface area contributed by atoms with E-state index in [1.165, 1.54) is 11.3 Å². The second-order valence-electron chi connectivity index (χ2n) is 5.72. The van der Waals surface area contributed by atoms with E-state index >= 15 is 0 Å². The number of hydrogen-bond acceptors (Lipinski definition) is 4. The van der Waals surface area contributed by atoms with E-state index in [2.05, 4.69) is 44.6 Å². The minimum atomic E-state index is 0.918. The van der Waals surface area contributed by atoms with Crippen molar-refractivity contribution in [2.45, 2.75) is 6.92 Å². The van der Waals surface area contributed by atoms with Crippen molar-refractivity contribution in [3.05, 3.63) is 48.4 Å². The number of anilines is 1. The van der Waals surface area contributed by atoms with Crippen molar-refractivity contribution < 1.29 is 0 Å². The van der Waals surface area contributed by atoms with Crippen LogP contribution in [0.3, 0.4) is 0 Å².